The van der Waals surface area contributed by atoms with Gasteiger partial charge in [0.25, 0.3) is 0 Å². The van der Waals surface area contributed by atoms with Crippen molar-refractivity contribution in [2.45, 2.75) is 55.9 Å². The molecule has 0 radical (unpaired) electrons. The van der Waals surface area contributed by atoms with Crippen molar-refractivity contribution in [2.75, 3.05) is 5.73 Å². The van der Waals surface area contributed by atoms with E-state index >= 15 is 0 Å². The maximum absolute atomic E-state index is 13.8. The first-order valence-corrected chi connectivity index (χ1v) is 12.3. The Bertz CT molecular complexity index is 1170. The molecule has 0 saturated carbocycles. The van der Waals surface area contributed by atoms with Crippen LogP contribution in [0.1, 0.15) is 20.1 Å². The summed E-state index contributed by atoms with van der Waals surface area (Å²) in [6.07, 6.45) is -5.26. The van der Waals surface area contributed by atoms with Gasteiger partial charge in [0.1, 0.15) is 30.2 Å². The SMILES string of the molecule is CC1(C)O[C@@H]2[C@H](O1)[C@@H](C(O)OP(=O)(O)C(F)(F)P(=O)(O)O)O[C@H]2n1cnc2c(N)ncnc21. The van der Waals surface area contributed by atoms with E-state index in [2.05, 4.69) is 19.5 Å². The van der Waals surface area contributed by atoms with Crippen molar-refractivity contribution in [3.63, 3.8) is 0 Å². The third kappa shape index (κ3) is 3.97. The number of nitrogen functional groups attached to an aromatic ring is 1. The van der Waals surface area contributed by atoms with Gasteiger partial charge in [-0.25, -0.2) is 15.0 Å². The van der Waals surface area contributed by atoms with Gasteiger partial charge in [-0.2, -0.15) is 8.78 Å². The Hall–Kier alpha value is -1.65. The van der Waals surface area contributed by atoms with E-state index < -0.39 is 57.2 Å². The standard InChI is InChI=1S/C14H19F2N5O10P2/c1-13(2)29-6-7(30-13)11(21-4-20-5-9(17)18-3-19-10(5)21)28-8(6)12(22)31-33(26,27)14(15,16)32(23,24)25/h3-4,6-8,11-12,22H,1-2H3,(H,26,27)(H2,17,18,19)(H2,23,24,25)/t6-,7+,8-,11+,12?/m0/s1. The molecule has 6 N–H and O–H groups in total. The van der Waals surface area contributed by atoms with Gasteiger partial charge in [-0.1, -0.05) is 0 Å². The second kappa shape index (κ2) is 7.68. The van der Waals surface area contributed by atoms with Crippen LogP contribution in [0.25, 0.3) is 11.2 Å². The van der Waals surface area contributed by atoms with E-state index in [4.69, 9.17) is 29.7 Å². The molecule has 15 nitrogen and oxygen atoms in total. The van der Waals surface area contributed by atoms with E-state index in [1.807, 2.05) is 0 Å². The number of ether oxygens (including phenoxy) is 3. The van der Waals surface area contributed by atoms with Gasteiger partial charge in [0.15, 0.2) is 29.8 Å². The zero-order chi connectivity index (χ0) is 24.6. The quantitative estimate of drug-likeness (QED) is 0.253. The predicted molar refractivity (Wildman–Crippen MR) is 101 cm³/mol. The maximum Gasteiger partial charge on any atom is 0.443 e. The minimum absolute atomic E-state index is 0.0537. The van der Waals surface area contributed by atoms with Crippen molar-refractivity contribution in [3.8, 4) is 0 Å². The Balaban J connectivity index is 1.66. The molecule has 2 aromatic rings. The van der Waals surface area contributed by atoms with Crippen LogP contribution in [-0.2, 0) is 27.9 Å². The van der Waals surface area contributed by atoms with E-state index in [1.54, 1.807) is 0 Å². The van der Waals surface area contributed by atoms with E-state index in [9.17, 15) is 27.9 Å². The van der Waals surface area contributed by atoms with Crippen molar-refractivity contribution < 1.29 is 56.4 Å². The third-order valence-corrected chi connectivity index (χ3v) is 8.37. The zero-order valence-corrected chi connectivity index (χ0v) is 18.6. The molecule has 2 saturated heterocycles. The molecule has 2 aliphatic rings. The zero-order valence-electron chi connectivity index (χ0n) is 16.8. The summed E-state index contributed by atoms with van der Waals surface area (Å²) < 4.78 is 73.1. The van der Waals surface area contributed by atoms with Crippen molar-refractivity contribution in [3.05, 3.63) is 12.7 Å². The van der Waals surface area contributed by atoms with Crippen LogP contribution in [0.5, 0.6) is 0 Å². The van der Waals surface area contributed by atoms with Gasteiger partial charge in [-0.05, 0) is 13.8 Å². The predicted octanol–water partition coefficient (Wildman–Crippen LogP) is 0.0744. The average molecular weight is 517 g/mol. The van der Waals surface area contributed by atoms with Gasteiger partial charge < -0.3 is 39.7 Å². The molecule has 0 aliphatic carbocycles. The molecule has 4 heterocycles. The number of anilines is 1. The molecule has 2 fully saturated rings. The summed E-state index contributed by atoms with van der Waals surface area (Å²) >= 11 is 0. The highest BCUT2D eigenvalue weighted by Crippen LogP contribution is 2.73. The lowest BCUT2D eigenvalue weighted by Gasteiger charge is -2.29. The molecule has 184 valence electrons. The molecule has 2 unspecified atom stereocenters. The van der Waals surface area contributed by atoms with Crippen LogP contribution in [0.3, 0.4) is 0 Å². The number of aromatic nitrogens is 4. The lowest BCUT2D eigenvalue weighted by atomic mass is 10.1. The lowest BCUT2D eigenvalue weighted by Crippen LogP contribution is -2.40. The molecule has 4 rings (SSSR count). The Labute approximate surface area is 183 Å². The highest BCUT2D eigenvalue weighted by atomic mass is 31.2. The summed E-state index contributed by atoms with van der Waals surface area (Å²) in [6.45, 7) is 3.02. The highest BCUT2D eigenvalue weighted by Gasteiger charge is 2.67. The molecule has 2 aromatic heterocycles. The highest BCUT2D eigenvalue weighted by molar-refractivity contribution is 7.72. The number of rotatable bonds is 6. The van der Waals surface area contributed by atoms with Crippen molar-refractivity contribution in [1.29, 1.82) is 0 Å². The molecule has 33 heavy (non-hydrogen) atoms. The largest absolute Gasteiger partial charge is 0.443 e. The molecule has 0 amide bonds. The van der Waals surface area contributed by atoms with Gasteiger partial charge in [0, 0.05) is 0 Å². The number of nitrogens with two attached hydrogens (primary N) is 1. The van der Waals surface area contributed by atoms with Crippen molar-refractivity contribution in [2.24, 2.45) is 0 Å². The molecular weight excluding hydrogens is 498 g/mol. The van der Waals surface area contributed by atoms with E-state index in [-0.39, 0.29) is 17.0 Å². The fraction of sp³-hybridized carbons (Fsp3) is 0.643. The van der Waals surface area contributed by atoms with E-state index in [0.29, 0.717) is 0 Å². The Morgan fingerprint density at radius 3 is 2.48 bits per heavy atom. The number of nitrogens with zero attached hydrogens (tertiary/aromatic N) is 4. The number of halogens is 2. The number of hydrogen-bond donors (Lipinski definition) is 5. The van der Waals surface area contributed by atoms with Crippen molar-refractivity contribution in [1.82, 2.24) is 19.5 Å². The molecule has 2 aliphatic heterocycles. The summed E-state index contributed by atoms with van der Waals surface area (Å²) in [5, 5.41) is 4.85. The summed E-state index contributed by atoms with van der Waals surface area (Å²) in [5.41, 5.74) is 6.16. The van der Waals surface area contributed by atoms with E-state index in [1.165, 1.54) is 24.7 Å². The van der Waals surface area contributed by atoms with Crippen LogP contribution in [0.4, 0.5) is 14.6 Å². The van der Waals surface area contributed by atoms with Crippen LogP contribution < -0.4 is 5.73 Å². The monoisotopic (exact) mass is 517 g/mol. The molecule has 0 spiro atoms. The first-order chi connectivity index (χ1) is 15.1. The molecule has 6 atom stereocenters. The Morgan fingerprint density at radius 1 is 1.21 bits per heavy atom. The number of aliphatic hydroxyl groups excluding tert-OH is 1. The minimum Gasteiger partial charge on any atom is -0.382 e. The van der Waals surface area contributed by atoms with Crippen LogP contribution in [-0.4, -0.2) is 75.1 Å². The number of hydrogen-bond acceptors (Lipinski definition) is 11. The van der Waals surface area contributed by atoms with Gasteiger partial charge in [0.05, 0.1) is 6.33 Å². The summed E-state index contributed by atoms with van der Waals surface area (Å²) in [5.74, 6) is -1.20. The normalized spacial score (nSPS) is 30.3. The van der Waals surface area contributed by atoms with Gasteiger partial charge in [-0.3, -0.25) is 18.2 Å². The Kier molecular flexibility index (Phi) is 5.69. The summed E-state index contributed by atoms with van der Waals surface area (Å²) in [7, 11) is -12.8. The second-order valence-electron chi connectivity index (χ2n) is 7.71. The summed E-state index contributed by atoms with van der Waals surface area (Å²) in [6, 6.07) is 0. The topological polar surface area (TPSA) is 222 Å². The molecule has 0 aromatic carbocycles. The number of alkyl halides is 2. The van der Waals surface area contributed by atoms with E-state index in [0.717, 1.165) is 6.33 Å². The molecule has 0 bridgehead atoms. The number of fused-ring (bicyclic) bond motifs is 2. The fourth-order valence-electron chi connectivity index (χ4n) is 3.55. The smallest absolute Gasteiger partial charge is 0.382 e. The van der Waals surface area contributed by atoms with Gasteiger partial charge >= 0.3 is 20.6 Å². The van der Waals surface area contributed by atoms with Crippen LogP contribution >= 0.6 is 15.2 Å². The maximum atomic E-state index is 13.8. The first-order valence-electron chi connectivity index (χ1n) is 9.13. The van der Waals surface area contributed by atoms with Crippen molar-refractivity contribution >= 4 is 32.2 Å². The molecular formula is C14H19F2N5O10P2. The third-order valence-electron chi connectivity index (χ3n) is 4.95. The van der Waals surface area contributed by atoms with Crippen LogP contribution in [0.2, 0.25) is 0 Å². The second-order valence-corrected chi connectivity index (χ2v) is 11.5. The number of imidazole rings is 1. The van der Waals surface area contributed by atoms with Gasteiger partial charge in [-0.15, -0.1) is 0 Å². The van der Waals surface area contributed by atoms with Crippen LogP contribution in [0.15, 0.2) is 12.7 Å². The molecule has 19 heteroatoms. The fourth-order valence-corrected chi connectivity index (χ4v) is 5.55. The minimum atomic E-state index is -6.42. The van der Waals surface area contributed by atoms with Gasteiger partial charge in [0.2, 0.25) is 0 Å². The number of aliphatic hydroxyl groups is 1. The average Bonchev–Trinajstić information content (AvgIpc) is 3.31. The summed E-state index contributed by atoms with van der Waals surface area (Å²) in [4.78, 5) is 38.9. The van der Waals surface area contributed by atoms with Crippen LogP contribution in [0, 0.1) is 0 Å². The lowest BCUT2D eigenvalue weighted by molar-refractivity contribution is -0.226. The Morgan fingerprint density at radius 2 is 1.85 bits per heavy atom. The first kappa shape index (κ1) is 24.5.